The van der Waals surface area contributed by atoms with Gasteiger partial charge in [0.25, 0.3) is 5.69 Å². The molecule has 19 heavy (non-hydrogen) atoms. The minimum atomic E-state index is -4.70. The number of aliphatic hydroxyl groups is 2. The van der Waals surface area contributed by atoms with Crippen LogP contribution in [0.5, 0.6) is 0 Å². The number of nitrogens with zero attached hydrogens (tertiary/aromatic N) is 1. The van der Waals surface area contributed by atoms with E-state index in [4.69, 9.17) is 5.11 Å². The third kappa shape index (κ3) is 3.80. The molecule has 0 fully saturated rings. The molecule has 9 heteroatoms. The Balaban J connectivity index is 3.16. The van der Waals surface area contributed by atoms with Crippen molar-refractivity contribution in [1.29, 1.82) is 0 Å². The van der Waals surface area contributed by atoms with E-state index in [0.717, 1.165) is 6.07 Å². The normalized spacial score (nSPS) is 14.8. The predicted octanol–water partition coefficient (Wildman–Crippen LogP) is 1.72. The van der Waals surface area contributed by atoms with Crippen LogP contribution in [0.3, 0.4) is 0 Å². The number of benzene rings is 1. The molecule has 2 unspecified atom stereocenters. The molecule has 0 saturated carbocycles. The van der Waals surface area contributed by atoms with Gasteiger partial charge in [-0.15, -0.1) is 0 Å². The maximum Gasteiger partial charge on any atom is 0.416 e. The Kier molecular flexibility index (Phi) is 4.32. The topological polar surface area (TPSA) is 95.6 Å². The van der Waals surface area contributed by atoms with Crippen molar-refractivity contribution in [3.8, 4) is 0 Å². The van der Waals surface area contributed by atoms with Crippen LogP contribution in [-0.4, -0.2) is 27.5 Å². The molecule has 6 nitrogen and oxygen atoms in total. The molecule has 1 rings (SSSR count). The van der Waals surface area contributed by atoms with Crippen molar-refractivity contribution in [2.75, 3.05) is 5.32 Å². The van der Waals surface area contributed by atoms with E-state index >= 15 is 0 Å². The Hall–Kier alpha value is -1.87. The van der Waals surface area contributed by atoms with Crippen LogP contribution < -0.4 is 5.32 Å². The number of aliphatic hydroxyl groups excluding tert-OH is 2. The number of nitro benzene ring substituents is 1. The molecule has 3 N–H and O–H groups in total. The summed E-state index contributed by atoms with van der Waals surface area (Å²) in [6.07, 6.45) is -7.48. The third-order valence-electron chi connectivity index (χ3n) is 2.28. The summed E-state index contributed by atoms with van der Waals surface area (Å²) in [4.78, 5) is 9.70. The van der Waals surface area contributed by atoms with Crippen LogP contribution in [0.4, 0.5) is 24.5 Å². The molecule has 0 aliphatic rings. The van der Waals surface area contributed by atoms with Gasteiger partial charge in [-0.3, -0.25) is 10.1 Å². The number of nitro groups is 1. The van der Waals surface area contributed by atoms with Crippen molar-refractivity contribution in [2.24, 2.45) is 0 Å². The Morgan fingerprint density at radius 2 is 1.95 bits per heavy atom. The van der Waals surface area contributed by atoms with E-state index in [0.29, 0.717) is 12.1 Å². The lowest BCUT2D eigenvalue weighted by Gasteiger charge is -2.17. The van der Waals surface area contributed by atoms with E-state index in [9.17, 15) is 28.4 Å². The van der Waals surface area contributed by atoms with Crippen molar-refractivity contribution in [1.82, 2.24) is 0 Å². The number of alkyl halides is 3. The number of anilines is 1. The quantitative estimate of drug-likeness (QED) is 0.443. The molecule has 1 aromatic rings. The summed E-state index contributed by atoms with van der Waals surface area (Å²) >= 11 is 0. The summed E-state index contributed by atoms with van der Waals surface area (Å²) in [5.41, 5.74) is -2.32. The van der Waals surface area contributed by atoms with Crippen LogP contribution in [0, 0.1) is 10.1 Å². The Bertz CT molecular complexity index is 476. The highest BCUT2D eigenvalue weighted by Gasteiger charge is 2.33. The van der Waals surface area contributed by atoms with Crippen molar-refractivity contribution in [2.45, 2.75) is 25.4 Å². The molecule has 0 heterocycles. The summed E-state index contributed by atoms with van der Waals surface area (Å²) in [5.74, 6) is 0. The SMILES string of the molecule is CC(O)C(O)Nc1ccc(C(F)(F)F)cc1[N+](=O)[O-]. The molecule has 0 radical (unpaired) electrons. The highest BCUT2D eigenvalue weighted by molar-refractivity contribution is 5.63. The Morgan fingerprint density at radius 3 is 2.37 bits per heavy atom. The van der Waals surface area contributed by atoms with Gasteiger partial charge in [0, 0.05) is 6.07 Å². The second-order valence-electron chi connectivity index (χ2n) is 3.82. The molecule has 0 saturated heterocycles. The maximum absolute atomic E-state index is 12.4. The summed E-state index contributed by atoms with van der Waals surface area (Å²) in [5, 5.41) is 31.2. The van der Waals surface area contributed by atoms with Gasteiger partial charge in [-0.05, 0) is 19.1 Å². The fourth-order valence-electron chi connectivity index (χ4n) is 1.26. The summed E-state index contributed by atoms with van der Waals surface area (Å²) in [7, 11) is 0. The monoisotopic (exact) mass is 280 g/mol. The number of halogens is 3. The summed E-state index contributed by atoms with van der Waals surface area (Å²) in [6.45, 7) is 1.22. The predicted molar refractivity (Wildman–Crippen MR) is 59.4 cm³/mol. The minimum Gasteiger partial charge on any atom is -0.389 e. The highest BCUT2D eigenvalue weighted by Crippen LogP contribution is 2.35. The molecule has 106 valence electrons. The maximum atomic E-state index is 12.4. The van der Waals surface area contributed by atoms with Crippen LogP contribution >= 0.6 is 0 Å². The zero-order valence-electron chi connectivity index (χ0n) is 9.68. The smallest absolute Gasteiger partial charge is 0.389 e. The van der Waals surface area contributed by atoms with E-state index in [2.05, 4.69) is 5.32 Å². The number of rotatable bonds is 4. The van der Waals surface area contributed by atoms with Crippen LogP contribution in [0.2, 0.25) is 0 Å². The van der Waals surface area contributed by atoms with Gasteiger partial charge in [0.1, 0.15) is 5.69 Å². The summed E-state index contributed by atoms with van der Waals surface area (Å²) < 4.78 is 37.3. The first kappa shape index (κ1) is 15.2. The highest BCUT2D eigenvalue weighted by atomic mass is 19.4. The van der Waals surface area contributed by atoms with Gasteiger partial charge in [0.05, 0.1) is 16.6 Å². The van der Waals surface area contributed by atoms with Crippen molar-refractivity contribution in [3.05, 3.63) is 33.9 Å². The molecule has 0 amide bonds. The molecule has 2 atom stereocenters. The average Bonchev–Trinajstić information content (AvgIpc) is 2.27. The standard InChI is InChI=1S/C10H11F3N2O4/c1-5(16)9(17)14-7-3-2-6(10(11,12)13)4-8(7)15(18)19/h2-5,9,14,16-17H,1H3. The Morgan fingerprint density at radius 1 is 1.37 bits per heavy atom. The lowest BCUT2D eigenvalue weighted by Crippen LogP contribution is -2.31. The minimum absolute atomic E-state index is 0.314. The first-order valence-electron chi connectivity index (χ1n) is 5.11. The van der Waals surface area contributed by atoms with Crippen LogP contribution in [-0.2, 0) is 6.18 Å². The van der Waals surface area contributed by atoms with E-state index in [-0.39, 0.29) is 5.69 Å². The summed E-state index contributed by atoms with van der Waals surface area (Å²) in [6, 6.07) is 1.83. The third-order valence-corrected chi connectivity index (χ3v) is 2.28. The second-order valence-corrected chi connectivity index (χ2v) is 3.82. The molecule has 0 spiro atoms. The van der Waals surface area contributed by atoms with Gasteiger partial charge in [0.15, 0.2) is 6.23 Å². The van der Waals surface area contributed by atoms with Gasteiger partial charge >= 0.3 is 6.18 Å². The number of nitrogens with one attached hydrogen (secondary N) is 1. The van der Waals surface area contributed by atoms with Crippen molar-refractivity contribution < 1.29 is 28.3 Å². The van der Waals surface area contributed by atoms with Gasteiger partial charge in [-0.2, -0.15) is 13.2 Å². The molecule has 1 aromatic carbocycles. The van der Waals surface area contributed by atoms with E-state index in [1.807, 2.05) is 0 Å². The van der Waals surface area contributed by atoms with Crippen LogP contribution in [0.25, 0.3) is 0 Å². The van der Waals surface area contributed by atoms with E-state index in [1.165, 1.54) is 6.92 Å². The van der Waals surface area contributed by atoms with Crippen LogP contribution in [0.1, 0.15) is 12.5 Å². The second kappa shape index (κ2) is 5.41. The molecule has 0 aliphatic carbocycles. The van der Waals surface area contributed by atoms with Gasteiger partial charge in [-0.25, -0.2) is 0 Å². The zero-order chi connectivity index (χ0) is 14.8. The van der Waals surface area contributed by atoms with Crippen LogP contribution in [0.15, 0.2) is 18.2 Å². The molecular weight excluding hydrogens is 269 g/mol. The fourth-order valence-corrected chi connectivity index (χ4v) is 1.26. The largest absolute Gasteiger partial charge is 0.416 e. The number of hydrogen-bond acceptors (Lipinski definition) is 5. The van der Waals surface area contributed by atoms with Crippen molar-refractivity contribution in [3.63, 3.8) is 0 Å². The first-order valence-corrected chi connectivity index (χ1v) is 5.11. The molecule has 0 aliphatic heterocycles. The molecule has 0 aromatic heterocycles. The zero-order valence-corrected chi connectivity index (χ0v) is 9.68. The first-order chi connectivity index (χ1) is 8.62. The van der Waals surface area contributed by atoms with Crippen molar-refractivity contribution >= 4 is 11.4 Å². The van der Waals surface area contributed by atoms with E-state index in [1.54, 1.807) is 0 Å². The lowest BCUT2D eigenvalue weighted by molar-refractivity contribution is -0.384. The average molecular weight is 280 g/mol. The Labute approximate surface area is 105 Å². The van der Waals surface area contributed by atoms with Gasteiger partial charge < -0.3 is 15.5 Å². The lowest BCUT2D eigenvalue weighted by atomic mass is 10.1. The van der Waals surface area contributed by atoms with Gasteiger partial charge in [-0.1, -0.05) is 0 Å². The number of hydrogen-bond donors (Lipinski definition) is 3. The van der Waals surface area contributed by atoms with E-state index < -0.39 is 34.7 Å². The fraction of sp³-hybridized carbons (Fsp3) is 0.400. The molecular formula is C10H11F3N2O4. The van der Waals surface area contributed by atoms with Gasteiger partial charge in [0.2, 0.25) is 0 Å². The molecule has 0 bridgehead atoms.